The van der Waals surface area contributed by atoms with Crippen LogP contribution in [0.5, 0.6) is 0 Å². The van der Waals surface area contributed by atoms with Gasteiger partial charge in [-0.2, -0.15) is 10.2 Å². The molecule has 2 aromatic heterocycles. The molecule has 120 valence electrons. The molecule has 1 amide bonds. The molecule has 1 aromatic carbocycles. The van der Waals surface area contributed by atoms with Crippen LogP contribution in [0.2, 0.25) is 0 Å². The molecule has 0 radical (unpaired) electrons. The lowest BCUT2D eigenvalue weighted by atomic mass is 10.2. The van der Waals surface area contributed by atoms with Crippen LogP contribution in [0, 0.1) is 13.8 Å². The number of aryl methyl sites for hydroxylation is 1. The highest BCUT2D eigenvalue weighted by atomic mass is 16.2. The molecule has 3 rings (SSSR count). The van der Waals surface area contributed by atoms with E-state index in [0.717, 1.165) is 22.6 Å². The van der Waals surface area contributed by atoms with Crippen molar-refractivity contribution in [3.63, 3.8) is 0 Å². The first kappa shape index (κ1) is 15.6. The number of aromatic nitrogens is 3. The van der Waals surface area contributed by atoms with Gasteiger partial charge >= 0.3 is 0 Å². The van der Waals surface area contributed by atoms with Crippen LogP contribution in [0.25, 0.3) is 5.69 Å². The summed E-state index contributed by atoms with van der Waals surface area (Å²) in [5, 5.41) is 8.58. The van der Waals surface area contributed by atoms with Crippen LogP contribution in [-0.2, 0) is 0 Å². The quantitative estimate of drug-likeness (QED) is 0.593. The molecule has 0 bridgehead atoms. The van der Waals surface area contributed by atoms with Gasteiger partial charge in [0.2, 0.25) is 0 Å². The third-order valence-electron chi connectivity index (χ3n) is 3.63. The standard InChI is InChI=1S/C18H17N5O/c1-13-17(12-20-21-18(24)15-7-6-10-19-11-15)14(2)23(22-13)16-8-4-3-5-9-16/h3-12H,1-2H3,(H,21,24). The zero-order valence-corrected chi connectivity index (χ0v) is 13.5. The molecule has 6 heteroatoms. The van der Waals surface area contributed by atoms with Gasteiger partial charge in [0.1, 0.15) is 0 Å². The number of pyridine rings is 1. The number of hydrogen-bond acceptors (Lipinski definition) is 4. The number of carbonyl (C=O) groups excluding carboxylic acids is 1. The van der Waals surface area contributed by atoms with Gasteiger partial charge in [-0.05, 0) is 38.1 Å². The Morgan fingerprint density at radius 1 is 1.17 bits per heavy atom. The summed E-state index contributed by atoms with van der Waals surface area (Å²) in [5.41, 5.74) is 6.63. The van der Waals surface area contributed by atoms with E-state index in [2.05, 4.69) is 20.6 Å². The molecule has 0 aliphatic heterocycles. The van der Waals surface area contributed by atoms with Crippen LogP contribution in [-0.4, -0.2) is 26.9 Å². The first-order chi connectivity index (χ1) is 11.7. The lowest BCUT2D eigenvalue weighted by Gasteiger charge is -2.03. The molecule has 0 fully saturated rings. The van der Waals surface area contributed by atoms with Crippen molar-refractivity contribution in [2.45, 2.75) is 13.8 Å². The fourth-order valence-electron chi connectivity index (χ4n) is 2.38. The Hall–Kier alpha value is -3.28. The fraction of sp³-hybridized carbons (Fsp3) is 0.111. The van der Waals surface area contributed by atoms with Crippen molar-refractivity contribution in [3.8, 4) is 5.69 Å². The molecule has 0 atom stereocenters. The van der Waals surface area contributed by atoms with Gasteiger partial charge in [0.25, 0.3) is 5.91 Å². The maximum Gasteiger partial charge on any atom is 0.272 e. The lowest BCUT2D eigenvalue weighted by molar-refractivity contribution is 0.0955. The highest BCUT2D eigenvalue weighted by molar-refractivity contribution is 5.94. The van der Waals surface area contributed by atoms with E-state index in [1.165, 1.54) is 6.20 Å². The van der Waals surface area contributed by atoms with Crippen molar-refractivity contribution in [1.82, 2.24) is 20.2 Å². The smallest absolute Gasteiger partial charge is 0.267 e. The molecule has 1 N–H and O–H groups in total. The molecule has 0 spiro atoms. The summed E-state index contributed by atoms with van der Waals surface area (Å²) in [6, 6.07) is 13.3. The van der Waals surface area contributed by atoms with Crippen molar-refractivity contribution in [2.75, 3.05) is 0 Å². The highest BCUT2D eigenvalue weighted by Crippen LogP contribution is 2.16. The topological polar surface area (TPSA) is 72.2 Å². The first-order valence-corrected chi connectivity index (χ1v) is 7.52. The summed E-state index contributed by atoms with van der Waals surface area (Å²) in [5.74, 6) is -0.301. The zero-order chi connectivity index (χ0) is 16.9. The van der Waals surface area contributed by atoms with Gasteiger partial charge in [0.05, 0.1) is 28.9 Å². The van der Waals surface area contributed by atoms with Crippen molar-refractivity contribution in [1.29, 1.82) is 0 Å². The predicted molar refractivity (Wildman–Crippen MR) is 92.3 cm³/mol. The van der Waals surface area contributed by atoms with Crippen LogP contribution < -0.4 is 5.43 Å². The largest absolute Gasteiger partial charge is 0.272 e. The van der Waals surface area contributed by atoms with Crippen LogP contribution in [0.4, 0.5) is 0 Å². The summed E-state index contributed by atoms with van der Waals surface area (Å²) in [6.07, 6.45) is 4.73. The van der Waals surface area contributed by atoms with Crippen LogP contribution in [0.1, 0.15) is 27.3 Å². The number of carbonyl (C=O) groups is 1. The third kappa shape index (κ3) is 3.22. The SMILES string of the molecule is Cc1nn(-c2ccccc2)c(C)c1C=NNC(=O)c1cccnc1. The van der Waals surface area contributed by atoms with E-state index in [1.807, 2.05) is 48.9 Å². The molecule has 0 aliphatic carbocycles. The van der Waals surface area contributed by atoms with Crippen molar-refractivity contribution >= 4 is 12.1 Å². The molecule has 0 saturated heterocycles. The molecular formula is C18H17N5O. The Bertz CT molecular complexity index is 869. The van der Waals surface area contributed by atoms with Gasteiger partial charge in [-0.3, -0.25) is 9.78 Å². The molecule has 2 heterocycles. The number of para-hydroxylation sites is 1. The molecule has 24 heavy (non-hydrogen) atoms. The normalized spacial score (nSPS) is 10.9. The number of nitrogens with one attached hydrogen (secondary N) is 1. The second-order valence-electron chi connectivity index (χ2n) is 5.27. The number of hydrazone groups is 1. The van der Waals surface area contributed by atoms with E-state index in [0.29, 0.717) is 5.56 Å². The summed E-state index contributed by atoms with van der Waals surface area (Å²) >= 11 is 0. The average Bonchev–Trinajstić information content (AvgIpc) is 2.91. The Balaban J connectivity index is 1.78. The number of benzene rings is 1. The minimum Gasteiger partial charge on any atom is -0.267 e. The molecule has 0 saturated carbocycles. The Morgan fingerprint density at radius 2 is 1.96 bits per heavy atom. The molecule has 3 aromatic rings. The van der Waals surface area contributed by atoms with Crippen molar-refractivity contribution in [3.05, 3.63) is 77.4 Å². The predicted octanol–water partition coefficient (Wildman–Crippen LogP) is 2.65. The van der Waals surface area contributed by atoms with E-state index < -0.39 is 0 Å². The monoisotopic (exact) mass is 319 g/mol. The number of nitrogens with zero attached hydrogens (tertiary/aromatic N) is 4. The van der Waals surface area contributed by atoms with Gasteiger partial charge in [-0.1, -0.05) is 18.2 Å². The van der Waals surface area contributed by atoms with Crippen LogP contribution in [0.15, 0.2) is 60.0 Å². The van der Waals surface area contributed by atoms with E-state index in [4.69, 9.17) is 0 Å². The van der Waals surface area contributed by atoms with Gasteiger partial charge in [0, 0.05) is 18.0 Å². The van der Waals surface area contributed by atoms with Crippen molar-refractivity contribution in [2.24, 2.45) is 5.10 Å². The van der Waals surface area contributed by atoms with Gasteiger partial charge in [0.15, 0.2) is 0 Å². The van der Waals surface area contributed by atoms with E-state index in [9.17, 15) is 4.79 Å². The Labute approximate surface area is 139 Å². The number of amides is 1. The second kappa shape index (κ2) is 6.87. The van der Waals surface area contributed by atoms with E-state index in [-0.39, 0.29) is 5.91 Å². The maximum absolute atomic E-state index is 11.9. The fourth-order valence-corrected chi connectivity index (χ4v) is 2.38. The highest BCUT2D eigenvalue weighted by Gasteiger charge is 2.11. The van der Waals surface area contributed by atoms with Crippen molar-refractivity contribution < 1.29 is 4.79 Å². The zero-order valence-electron chi connectivity index (χ0n) is 13.5. The summed E-state index contributed by atoms with van der Waals surface area (Å²) in [4.78, 5) is 15.9. The van der Waals surface area contributed by atoms with E-state index >= 15 is 0 Å². The summed E-state index contributed by atoms with van der Waals surface area (Å²) in [6.45, 7) is 3.88. The third-order valence-corrected chi connectivity index (χ3v) is 3.63. The van der Waals surface area contributed by atoms with Gasteiger partial charge < -0.3 is 0 Å². The number of rotatable bonds is 4. The lowest BCUT2D eigenvalue weighted by Crippen LogP contribution is -2.17. The summed E-state index contributed by atoms with van der Waals surface area (Å²) in [7, 11) is 0. The number of hydrogen-bond donors (Lipinski definition) is 1. The first-order valence-electron chi connectivity index (χ1n) is 7.52. The second-order valence-corrected chi connectivity index (χ2v) is 5.27. The molecular weight excluding hydrogens is 302 g/mol. The van der Waals surface area contributed by atoms with Gasteiger partial charge in [-0.25, -0.2) is 10.1 Å². The minimum absolute atomic E-state index is 0.301. The Kier molecular flexibility index (Phi) is 4.47. The maximum atomic E-state index is 11.9. The van der Waals surface area contributed by atoms with E-state index in [1.54, 1.807) is 24.5 Å². The summed E-state index contributed by atoms with van der Waals surface area (Å²) < 4.78 is 1.86. The van der Waals surface area contributed by atoms with Crippen LogP contribution in [0.3, 0.4) is 0 Å². The Morgan fingerprint density at radius 3 is 2.67 bits per heavy atom. The average molecular weight is 319 g/mol. The van der Waals surface area contributed by atoms with Crippen LogP contribution >= 0.6 is 0 Å². The molecule has 6 nitrogen and oxygen atoms in total. The minimum atomic E-state index is -0.301. The molecule has 0 unspecified atom stereocenters. The van der Waals surface area contributed by atoms with Gasteiger partial charge in [-0.15, -0.1) is 0 Å². The molecule has 0 aliphatic rings.